The third-order valence-corrected chi connectivity index (χ3v) is 6.99. The van der Waals surface area contributed by atoms with E-state index in [1.165, 1.54) is 31.1 Å². The molecule has 176 valence electrons. The van der Waals surface area contributed by atoms with Crippen LogP contribution in [0.4, 0.5) is 4.39 Å². The number of nitrogens with zero attached hydrogens (tertiary/aromatic N) is 1. The van der Waals surface area contributed by atoms with Crippen LogP contribution in [0.1, 0.15) is 13.3 Å². The normalized spacial score (nSPS) is 19.3. The summed E-state index contributed by atoms with van der Waals surface area (Å²) in [6, 6.07) is -0.653. The number of carbonyl (C=O) groups is 1. The van der Waals surface area contributed by atoms with E-state index >= 15 is 0 Å². The number of methoxy groups -OCH3 is 1. The Labute approximate surface area is 170 Å². The van der Waals surface area contributed by atoms with Crippen molar-refractivity contribution in [2.75, 3.05) is 20.8 Å². The van der Waals surface area contributed by atoms with Crippen molar-refractivity contribution in [1.29, 1.82) is 5.41 Å². The van der Waals surface area contributed by atoms with Crippen LogP contribution in [0.5, 0.6) is 0 Å². The van der Waals surface area contributed by atoms with Gasteiger partial charge >= 0.3 is 23.5 Å². The summed E-state index contributed by atoms with van der Waals surface area (Å²) in [6.45, 7) is 0.233. The van der Waals surface area contributed by atoms with Gasteiger partial charge in [-0.2, -0.15) is 8.62 Å². The van der Waals surface area contributed by atoms with Gasteiger partial charge in [0.15, 0.2) is 0 Å². The molecule has 0 aromatic heterocycles. The lowest BCUT2D eigenvalue weighted by Crippen LogP contribution is -2.39. The Morgan fingerprint density at radius 3 is 2.27 bits per heavy atom. The van der Waals surface area contributed by atoms with Crippen molar-refractivity contribution in [2.45, 2.75) is 25.2 Å². The molecule has 0 heterocycles. The molecule has 19 heteroatoms. The predicted molar refractivity (Wildman–Crippen MR) is 98.6 cm³/mol. The van der Waals surface area contributed by atoms with Gasteiger partial charge in [-0.3, -0.25) is 14.7 Å². The van der Waals surface area contributed by atoms with Crippen molar-refractivity contribution in [3.05, 3.63) is 12.3 Å². The average molecular weight is 501 g/mol. The molecule has 0 aliphatic rings. The van der Waals surface area contributed by atoms with E-state index < -0.39 is 48.4 Å². The first-order valence-electron chi connectivity index (χ1n) is 7.65. The van der Waals surface area contributed by atoms with E-state index in [1.807, 2.05) is 0 Å². The van der Waals surface area contributed by atoms with Gasteiger partial charge in [0.1, 0.15) is 12.4 Å². The van der Waals surface area contributed by atoms with Crippen LogP contribution in [0.15, 0.2) is 12.3 Å². The Balaban J connectivity index is 5.00. The number of halogens is 1. The van der Waals surface area contributed by atoms with Gasteiger partial charge in [0.25, 0.3) is 0 Å². The van der Waals surface area contributed by atoms with Crippen molar-refractivity contribution < 1.29 is 60.3 Å². The third kappa shape index (κ3) is 12.6. The molecule has 15 nitrogen and oxygen atoms in total. The number of ether oxygens (including phenoxy) is 1. The predicted octanol–water partition coefficient (Wildman–Crippen LogP) is 0.589. The standard InChI is InChI=1S/C11H23FN3O12P3/c1-9(15(2)5-4-10(13)14-8-16)6-11(12,24-3)7-25-29(20,21)27-30(22,23)26-28(17,18)19/h4-5,8-9H,6-7H2,1-3H3,(H,20,21)(H,22,23)(H2,13,14,16)(H2,17,18,19)/b5-4-/t9-,11-/m0/s1. The van der Waals surface area contributed by atoms with E-state index in [2.05, 4.69) is 23.2 Å². The largest absolute Gasteiger partial charge is 0.490 e. The second-order valence-electron chi connectivity index (χ2n) is 5.66. The minimum absolute atomic E-state index is 0.241. The van der Waals surface area contributed by atoms with Crippen LogP contribution < -0.4 is 5.32 Å². The highest BCUT2D eigenvalue weighted by Crippen LogP contribution is 2.66. The molecule has 0 aliphatic carbocycles. The summed E-state index contributed by atoms with van der Waals surface area (Å²) in [5.74, 6) is -2.95. The summed E-state index contributed by atoms with van der Waals surface area (Å²) in [6.07, 6.45) is 2.34. The maximum absolute atomic E-state index is 14.8. The molecule has 0 aliphatic heterocycles. The van der Waals surface area contributed by atoms with Gasteiger partial charge in [-0.1, -0.05) is 0 Å². The van der Waals surface area contributed by atoms with Crippen LogP contribution in [0.25, 0.3) is 0 Å². The van der Waals surface area contributed by atoms with E-state index in [0.29, 0.717) is 0 Å². The fraction of sp³-hybridized carbons (Fsp3) is 0.636. The van der Waals surface area contributed by atoms with E-state index in [9.17, 15) is 27.8 Å². The van der Waals surface area contributed by atoms with Gasteiger partial charge in [-0.15, -0.1) is 0 Å². The Hall–Kier alpha value is -1.02. The average Bonchev–Trinajstić information content (AvgIpc) is 2.55. The van der Waals surface area contributed by atoms with E-state index in [-0.39, 0.29) is 12.2 Å². The summed E-state index contributed by atoms with van der Waals surface area (Å²) in [5.41, 5.74) is 0. The number of phosphoric ester groups is 1. The summed E-state index contributed by atoms with van der Waals surface area (Å²) < 4.78 is 64.2. The van der Waals surface area contributed by atoms with Crippen LogP contribution >= 0.6 is 23.5 Å². The van der Waals surface area contributed by atoms with E-state index in [0.717, 1.165) is 7.11 Å². The smallest absolute Gasteiger partial charge is 0.377 e. The third-order valence-electron chi connectivity index (χ3n) is 3.21. The molecule has 0 spiro atoms. The molecule has 0 bridgehead atoms. The highest BCUT2D eigenvalue weighted by molar-refractivity contribution is 7.66. The zero-order valence-corrected chi connectivity index (χ0v) is 18.6. The molecule has 0 aromatic rings. The van der Waals surface area contributed by atoms with Crippen LogP contribution in [-0.4, -0.2) is 69.4 Å². The fourth-order valence-electron chi connectivity index (χ4n) is 1.72. The minimum Gasteiger partial charge on any atom is -0.377 e. The number of nitrogens with one attached hydrogen (secondary N) is 2. The van der Waals surface area contributed by atoms with Crippen molar-refractivity contribution in [3.8, 4) is 0 Å². The second kappa shape index (κ2) is 11.6. The number of phosphoric acid groups is 3. The number of amides is 1. The maximum atomic E-state index is 14.8. The zero-order chi connectivity index (χ0) is 23.8. The highest BCUT2D eigenvalue weighted by Gasteiger charge is 2.43. The molecule has 4 atom stereocenters. The molecular formula is C11H23FN3O12P3. The maximum Gasteiger partial charge on any atom is 0.490 e. The van der Waals surface area contributed by atoms with Crippen LogP contribution in [0.3, 0.4) is 0 Å². The van der Waals surface area contributed by atoms with E-state index in [4.69, 9.17) is 20.1 Å². The van der Waals surface area contributed by atoms with Gasteiger partial charge in [0, 0.05) is 32.8 Å². The molecule has 2 unspecified atom stereocenters. The number of alkyl halides is 1. The lowest BCUT2D eigenvalue weighted by molar-refractivity contribution is -0.159. The molecular weight excluding hydrogens is 478 g/mol. The van der Waals surface area contributed by atoms with Crippen molar-refractivity contribution in [1.82, 2.24) is 10.2 Å². The zero-order valence-electron chi connectivity index (χ0n) is 15.9. The number of hydrogen-bond donors (Lipinski definition) is 6. The van der Waals surface area contributed by atoms with Gasteiger partial charge in [0.05, 0.1) is 0 Å². The molecule has 0 rings (SSSR count). The van der Waals surface area contributed by atoms with Crippen molar-refractivity contribution in [2.24, 2.45) is 0 Å². The summed E-state index contributed by atoms with van der Waals surface area (Å²) in [7, 11) is -14.4. The molecule has 0 aromatic carbocycles. The number of hydrogen-bond acceptors (Lipinski definition) is 10. The SMILES string of the molecule is CO[C@](F)(COP(=O)(O)OP(=O)(O)OP(=O)(O)O)C[C@H](C)N(C)/C=C\C(=N)NC=O. The van der Waals surface area contributed by atoms with Crippen molar-refractivity contribution >= 4 is 35.7 Å². The monoisotopic (exact) mass is 501 g/mol. The molecule has 0 saturated carbocycles. The van der Waals surface area contributed by atoms with E-state index in [1.54, 1.807) is 0 Å². The molecule has 0 radical (unpaired) electrons. The number of amidine groups is 1. The quantitative estimate of drug-likeness (QED) is 0.0830. The molecule has 0 fully saturated rings. The summed E-state index contributed by atoms with van der Waals surface area (Å²) in [4.78, 5) is 47.0. The Morgan fingerprint density at radius 2 is 1.80 bits per heavy atom. The first-order valence-corrected chi connectivity index (χ1v) is 12.2. The molecule has 6 N–H and O–H groups in total. The summed E-state index contributed by atoms with van der Waals surface area (Å²) >= 11 is 0. The van der Waals surface area contributed by atoms with Gasteiger partial charge < -0.3 is 34.5 Å². The Bertz CT molecular complexity index is 776. The van der Waals surface area contributed by atoms with Crippen LogP contribution in [0.2, 0.25) is 0 Å². The molecule has 30 heavy (non-hydrogen) atoms. The molecule has 0 saturated heterocycles. The van der Waals surface area contributed by atoms with Gasteiger partial charge in [-0.25, -0.2) is 18.1 Å². The number of rotatable bonds is 14. The first-order chi connectivity index (χ1) is 13.4. The first kappa shape index (κ1) is 29.0. The lowest BCUT2D eigenvalue weighted by atomic mass is 10.1. The van der Waals surface area contributed by atoms with Gasteiger partial charge in [-0.05, 0) is 13.0 Å². The topological polar surface area (TPSA) is 225 Å². The summed E-state index contributed by atoms with van der Waals surface area (Å²) in [5, 5.41) is 9.41. The van der Waals surface area contributed by atoms with Gasteiger partial charge in [0.2, 0.25) is 12.3 Å². The van der Waals surface area contributed by atoms with Crippen LogP contribution in [0, 0.1) is 5.41 Å². The fourth-order valence-corrected chi connectivity index (χ4v) is 4.77. The van der Waals surface area contributed by atoms with Crippen molar-refractivity contribution in [3.63, 3.8) is 0 Å². The second-order valence-corrected chi connectivity index (χ2v) is 10.1. The lowest BCUT2D eigenvalue weighted by Gasteiger charge is -2.31. The molecule has 1 amide bonds. The minimum atomic E-state index is -5.73. The Morgan fingerprint density at radius 1 is 1.23 bits per heavy atom. The van der Waals surface area contributed by atoms with Crippen LogP contribution in [-0.2, 0) is 36.4 Å². The Kier molecular flexibility index (Phi) is 11.2. The number of carbonyl (C=O) groups excluding carboxylic acids is 1. The highest BCUT2D eigenvalue weighted by atomic mass is 31.3.